The van der Waals surface area contributed by atoms with E-state index in [1.165, 1.54) is 55.2 Å². The third-order valence-corrected chi connectivity index (χ3v) is 10.9. The van der Waals surface area contributed by atoms with E-state index in [2.05, 4.69) is 154 Å². The van der Waals surface area contributed by atoms with Crippen molar-refractivity contribution >= 4 is 33.2 Å². The fourth-order valence-electron chi connectivity index (χ4n) is 8.31. The summed E-state index contributed by atoms with van der Waals surface area (Å²) in [7, 11) is 2.18. The predicted molar refractivity (Wildman–Crippen MR) is 209 cm³/mol. The van der Waals surface area contributed by atoms with Gasteiger partial charge < -0.3 is 10.0 Å². The van der Waals surface area contributed by atoms with E-state index < -0.39 is 11.4 Å². The normalized spacial score (nSPS) is 17.8. The Balaban J connectivity index is 1.33. The van der Waals surface area contributed by atoms with Crippen molar-refractivity contribution in [2.24, 2.45) is 0 Å². The van der Waals surface area contributed by atoms with Gasteiger partial charge in [0, 0.05) is 29.3 Å². The predicted octanol–water partition coefficient (Wildman–Crippen LogP) is 11.1. The van der Waals surface area contributed by atoms with Gasteiger partial charge in [-0.05, 0) is 106 Å². The lowest BCUT2D eigenvalue weighted by molar-refractivity contribution is 0.0697. The van der Waals surface area contributed by atoms with Crippen molar-refractivity contribution in [2.45, 2.75) is 44.4 Å². The van der Waals surface area contributed by atoms with Crippen LogP contribution in [0.5, 0.6) is 0 Å². The van der Waals surface area contributed by atoms with Crippen LogP contribution in [0.4, 0.5) is 5.69 Å². The molecular weight excluding hydrogens is 611 g/mol. The summed E-state index contributed by atoms with van der Waals surface area (Å²) in [5, 5.41) is 14.5. The van der Waals surface area contributed by atoms with Gasteiger partial charge in [-0.2, -0.15) is 0 Å². The fraction of sp³-hybridized carbons (Fsp3) is 0.170. The first-order chi connectivity index (χ1) is 24.1. The number of aryl methyl sites for hydroxylation is 1. The van der Waals surface area contributed by atoms with Crippen LogP contribution in [0.1, 0.15) is 52.0 Å². The first kappa shape index (κ1) is 32.9. The molecule has 0 aromatic heterocycles. The first-order valence-corrected chi connectivity index (χ1v) is 17.3. The molecule has 0 spiro atoms. The summed E-state index contributed by atoms with van der Waals surface area (Å²) in [6.07, 6.45) is 8.18. The number of rotatable bonds is 9. The maximum atomic E-state index is 11.6. The van der Waals surface area contributed by atoms with E-state index in [4.69, 9.17) is 6.58 Å². The topological polar surface area (TPSA) is 40.5 Å². The van der Waals surface area contributed by atoms with Crippen LogP contribution in [-0.2, 0) is 23.7 Å². The molecule has 6 aromatic rings. The van der Waals surface area contributed by atoms with Crippen molar-refractivity contribution in [3.8, 4) is 0 Å². The average Bonchev–Trinajstić information content (AvgIpc) is 3.33. The molecule has 0 aliphatic carbocycles. The lowest BCUT2D eigenvalue weighted by Crippen LogP contribution is -2.29. The molecule has 3 nitrogen and oxygen atoms in total. The number of benzene rings is 6. The number of carbonyl (C=O) groups is 1. The number of likely N-dealkylation sites (N-methyl/N-ethyl adjacent to an activating group) is 1. The lowest BCUT2D eigenvalue weighted by atomic mass is 9.69. The Morgan fingerprint density at radius 2 is 1.42 bits per heavy atom. The van der Waals surface area contributed by atoms with E-state index in [9.17, 15) is 9.90 Å². The van der Waals surface area contributed by atoms with Crippen molar-refractivity contribution in [2.75, 3.05) is 11.9 Å². The average molecular weight is 654 g/mol. The molecule has 0 radical (unpaired) electrons. The monoisotopic (exact) mass is 653 g/mol. The summed E-state index contributed by atoms with van der Waals surface area (Å²) >= 11 is 0. The zero-order valence-electron chi connectivity index (χ0n) is 29.3. The number of aromatic carboxylic acids is 1. The van der Waals surface area contributed by atoms with Crippen molar-refractivity contribution in [1.29, 1.82) is 0 Å². The first-order valence-electron chi connectivity index (χ1n) is 17.3. The Bertz CT molecular complexity index is 2310. The molecule has 3 heteroatoms. The molecule has 1 aliphatic rings. The highest BCUT2D eigenvalue weighted by molar-refractivity contribution is 5.95. The molecule has 0 bridgehead atoms. The molecule has 6 aromatic carbocycles. The van der Waals surface area contributed by atoms with Crippen molar-refractivity contribution in [1.82, 2.24) is 0 Å². The number of nitrogens with zero attached hydrogens (tertiary/aromatic N) is 1. The van der Waals surface area contributed by atoms with Gasteiger partial charge in [0.25, 0.3) is 0 Å². The number of carboxylic acid groups (broad SMARTS) is 1. The largest absolute Gasteiger partial charge is 0.478 e. The maximum absolute atomic E-state index is 11.6. The number of hydrogen-bond donors (Lipinski definition) is 1. The Morgan fingerprint density at radius 1 is 0.800 bits per heavy atom. The second-order valence-corrected chi connectivity index (χ2v) is 14.2. The van der Waals surface area contributed by atoms with Gasteiger partial charge in [-0.3, -0.25) is 0 Å². The van der Waals surface area contributed by atoms with Crippen molar-refractivity contribution in [3.63, 3.8) is 0 Å². The van der Waals surface area contributed by atoms with Gasteiger partial charge >= 0.3 is 5.97 Å². The van der Waals surface area contributed by atoms with Crippen LogP contribution >= 0.6 is 0 Å². The standard InChI is InChI=1S/C47H43NO2/c1-32-22-25-36-17-9-11-19-39(36)43(32)46(3,30-35-23-26-38(27-24-35)45(49)50)33(2)14-13-21-42-47(4,31-34-15-7-6-8-16-34)44-40-20-12-10-18-37(40)28-29-41(44)48(42)5/h6-29H,2,30-31H2,1,3-5H3,(H,49,50)/b14-13+,42-21+. The number of allylic oxidation sites excluding steroid dienone is 5. The van der Waals surface area contributed by atoms with E-state index in [1.807, 2.05) is 12.1 Å². The second-order valence-electron chi connectivity index (χ2n) is 14.2. The summed E-state index contributed by atoms with van der Waals surface area (Å²) in [6, 6.07) is 44.2. The second kappa shape index (κ2) is 13.0. The zero-order chi connectivity index (χ0) is 35.0. The third-order valence-electron chi connectivity index (χ3n) is 10.9. The van der Waals surface area contributed by atoms with Crippen LogP contribution in [0.2, 0.25) is 0 Å². The molecule has 50 heavy (non-hydrogen) atoms. The molecule has 2 unspecified atom stereocenters. The molecule has 1 heterocycles. The maximum Gasteiger partial charge on any atom is 0.335 e. The third kappa shape index (κ3) is 5.73. The minimum absolute atomic E-state index is 0.265. The van der Waals surface area contributed by atoms with E-state index in [0.717, 1.165) is 17.6 Å². The highest BCUT2D eigenvalue weighted by Gasteiger charge is 2.43. The van der Waals surface area contributed by atoms with E-state index in [1.54, 1.807) is 12.1 Å². The van der Waals surface area contributed by atoms with Gasteiger partial charge in [-0.15, -0.1) is 0 Å². The van der Waals surface area contributed by atoms with E-state index in [0.29, 0.717) is 6.42 Å². The number of anilines is 1. The van der Waals surface area contributed by atoms with E-state index >= 15 is 0 Å². The van der Waals surface area contributed by atoms with Gasteiger partial charge in [0.1, 0.15) is 0 Å². The van der Waals surface area contributed by atoms with Crippen LogP contribution in [0.3, 0.4) is 0 Å². The molecule has 248 valence electrons. The SMILES string of the molecule is C=C(/C=C/C=C1/N(C)c2ccc3ccccc3c2C1(C)Cc1ccccc1)C(C)(Cc1ccc(C(=O)O)cc1)c1c(C)ccc2ccccc12. The highest BCUT2D eigenvalue weighted by Crippen LogP contribution is 2.52. The molecule has 2 atom stereocenters. The Kier molecular flexibility index (Phi) is 8.53. The van der Waals surface area contributed by atoms with E-state index in [-0.39, 0.29) is 11.0 Å². The number of fused-ring (bicyclic) bond motifs is 4. The van der Waals surface area contributed by atoms with Crippen LogP contribution < -0.4 is 4.90 Å². The summed E-state index contributed by atoms with van der Waals surface area (Å²) < 4.78 is 0. The minimum atomic E-state index is -0.920. The Morgan fingerprint density at radius 3 is 2.12 bits per heavy atom. The van der Waals surface area contributed by atoms with Gasteiger partial charge in [0.05, 0.1) is 5.56 Å². The molecular formula is C47H43NO2. The van der Waals surface area contributed by atoms with Crippen LogP contribution in [0.25, 0.3) is 21.5 Å². The highest BCUT2D eigenvalue weighted by atomic mass is 16.4. The quantitative estimate of drug-likeness (QED) is 0.158. The summed E-state index contributed by atoms with van der Waals surface area (Å²) in [5.41, 5.74) is 9.19. The molecule has 0 saturated carbocycles. The van der Waals surface area contributed by atoms with Gasteiger partial charge in [0.15, 0.2) is 0 Å². The van der Waals surface area contributed by atoms with Crippen molar-refractivity contribution in [3.05, 3.63) is 197 Å². The van der Waals surface area contributed by atoms with Gasteiger partial charge in [-0.25, -0.2) is 4.79 Å². The van der Waals surface area contributed by atoms with Crippen molar-refractivity contribution < 1.29 is 9.90 Å². The van der Waals surface area contributed by atoms with Crippen LogP contribution in [0.15, 0.2) is 163 Å². The van der Waals surface area contributed by atoms with Crippen LogP contribution in [-0.4, -0.2) is 18.1 Å². The molecule has 0 amide bonds. The molecule has 7 rings (SSSR count). The fourth-order valence-corrected chi connectivity index (χ4v) is 8.31. The smallest absolute Gasteiger partial charge is 0.335 e. The molecule has 0 fully saturated rings. The Labute approximate surface area is 295 Å². The number of carboxylic acids is 1. The zero-order valence-corrected chi connectivity index (χ0v) is 29.3. The summed E-state index contributed by atoms with van der Waals surface area (Å²) in [5.74, 6) is -0.920. The van der Waals surface area contributed by atoms with Gasteiger partial charge in [-0.1, -0.05) is 135 Å². The van der Waals surface area contributed by atoms with Gasteiger partial charge in [0.2, 0.25) is 0 Å². The molecule has 1 aliphatic heterocycles. The molecule has 0 saturated heterocycles. The lowest BCUT2D eigenvalue weighted by Gasteiger charge is -2.34. The van der Waals surface area contributed by atoms with Crippen LogP contribution in [0, 0.1) is 6.92 Å². The molecule has 1 N–H and O–H groups in total. The summed E-state index contributed by atoms with van der Waals surface area (Å²) in [4.78, 5) is 14.0. The minimum Gasteiger partial charge on any atom is -0.478 e. The Hall–Kier alpha value is -5.67. The number of hydrogen-bond acceptors (Lipinski definition) is 2. The summed E-state index contributed by atoms with van der Waals surface area (Å²) in [6.45, 7) is 11.6.